The second-order valence-electron chi connectivity index (χ2n) is 7.82. The number of anilines is 3. The molecule has 1 N–H and O–H groups in total. The number of carbonyl (C=O) groups excluding carboxylic acids is 3. The highest BCUT2D eigenvalue weighted by Crippen LogP contribution is 2.55. The molecule has 0 unspecified atom stereocenters. The van der Waals surface area contributed by atoms with E-state index in [0.29, 0.717) is 28.4 Å². The minimum atomic E-state index is -1.31. The highest BCUT2D eigenvalue weighted by molar-refractivity contribution is 8.02. The fourth-order valence-corrected chi connectivity index (χ4v) is 5.68. The van der Waals surface area contributed by atoms with Gasteiger partial charge in [-0.05, 0) is 54.6 Å². The molecule has 1 fully saturated rings. The maximum Gasteiger partial charge on any atom is 0.269 e. The molecule has 0 aromatic heterocycles. The number of hydrogen-bond acceptors (Lipinski definition) is 5. The summed E-state index contributed by atoms with van der Waals surface area (Å²) in [7, 11) is 1.55. The molecule has 0 bridgehead atoms. The van der Waals surface area contributed by atoms with Gasteiger partial charge in [-0.1, -0.05) is 18.2 Å². The second kappa shape index (κ2) is 8.49. The number of benzene rings is 3. The van der Waals surface area contributed by atoms with Crippen molar-refractivity contribution in [2.45, 2.75) is 4.87 Å². The molecule has 2 aliphatic heterocycles. The Bertz CT molecular complexity index is 1280. The highest BCUT2D eigenvalue weighted by Gasteiger charge is 2.61. The number of para-hydroxylation sites is 1. The van der Waals surface area contributed by atoms with Gasteiger partial charge in [0.1, 0.15) is 18.1 Å². The number of halogens is 1. The van der Waals surface area contributed by atoms with Gasteiger partial charge in [0.05, 0.1) is 18.6 Å². The van der Waals surface area contributed by atoms with Crippen molar-refractivity contribution in [2.24, 2.45) is 0 Å². The lowest BCUT2D eigenvalue weighted by Crippen LogP contribution is -2.50. The van der Waals surface area contributed by atoms with Gasteiger partial charge in [0, 0.05) is 16.9 Å². The molecule has 0 radical (unpaired) electrons. The lowest BCUT2D eigenvalue weighted by molar-refractivity contribution is -0.124. The molecule has 0 saturated carbocycles. The van der Waals surface area contributed by atoms with Crippen molar-refractivity contribution < 1.29 is 23.5 Å². The number of amides is 3. The Morgan fingerprint density at radius 2 is 1.76 bits per heavy atom. The van der Waals surface area contributed by atoms with Crippen LogP contribution in [0, 0.1) is 5.82 Å². The molecule has 5 rings (SSSR count). The fourth-order valence-electron chi connectivity index (χ4n) is 4.32. The van der Waals surface area contributed by atoms with Gasteiger partial charge in [-0.15, -0.1) is 11.8 Å². The Hall–Kier alpha value is -3.85. The molecule has 172 valence electrons. The molecular formula is C25H20FN3O4S. The standard InChI is InChI=1S/C25H20FN3O4S/c1-33-19-12-10-18(11-13-19)29-23(31)15-34-25(29)20-4-2-3-5-21(20)28(24(25)32)14-22(30)27-17-8-6-16(26)7-9-17/h2-13H,14-15H2,1H3,(H,27,30)/t25-/m0/s1. The minimum Gasteiger partial charge on any atom is -0.497 e. The summed E-state index contributed by atoms with van der Waals surface area (Å²) in [6.07, 6.45) is 0. The number of hydrogen-bond donors (Lipinski definition) is 1. The number of methoxy groups -OCH3 is 1. The van der Waals surface area contributed by atoms with Crippen LogP contribution in [0.3, 0.4) is 0 Å². The predicted octanol–water partition coefficient (Wildman–Crippen LogP) is 3.75. The molecular weight excluding hydrogens is 457 g/mol. The summed E-state index contributed by atoms with van der Waals surface area (Å²) in [6.45, 7) is -0.250. The monoisotopic (exact) mass is 477 g/mol. The van der Waals surface area contributed by atoms with E-state index >= 15 is 0 Å². The van der Waals surface area contributed by atoms with Gasteiger partial charge in [0.15, 0.2) is 0 Å². The van der Waals surface area contributed by atoms with Crippen molar-refractivity contribution in [3.8, 4) is 5.75 Å². The van der Waals surface area contributed by atoms with E-state index in [1.807, 2.05) is 12.1 Å². The predicted molar refractivity (Wildman–Crippen MR) is 128 cm³/mol. The average Bonchev–Trinajstić information content (AvgIpc) is 3.31. The first kappa shape index (κ1) is 22.0. The molecule has 3 aromatic rings. The SMILES string of the molecule is COc1ccc(N2C(=O)CS[C@@]23C(=O)N(CC(=O)Nc2ccc(F)cc2)c2ccccc23)cc1. The summed E-state index contributed by atoms with van der Waals surface area (Å²) in [4.78, 5) is 41.4. The fraction of sp³-hybridized carbons (Fsp3) is 0.160. The number of thioether (sulfide) groups is 1. The van der Waals surface area contributed by atoms with Gasteiger partial charge in [0.25, 0.3) is 5.91 Å². The summed E-state index contributed by atoms with van der Waals surface area (Å²) < 4.78 is 18.4. The van der Waals surface area contributed by atoms with Crippen LogP contribution in [0.2, 0.25) is 0 Å². The molecule has 2 aliphatic rings. The Morgan fingerprint density at radius 3 is 2.47 bits per heavy atom. The molecule has 3 amide bonds. The highest BCUT2D eigenvalue weighted by atomic mass is 32.2. The van der Waals surface area contributed by atoms with E-state index in [2.05, 4.69) is 5.32 Å². The number of nitrogens with one attached hydrogen (secondary N) is 1. The zero-order valence-electron chi connectivity index (χ0n) is 18.2. The van der Waals surface area contributed by atoms with Crippen molar-refractivity contribution in [1.29, 1.82) is 0 Å². The van der Waals surface area contributed by atoms with Gasteiger partial charge in [0.2, 0.25) is 16.7 Å². The molecule has 3 aromatic carbocycles. The van der Waals surface area contributed by atoms with E-state index in [1.165, 1.54) is 45.8 Å². The van der Waals surface area contributed by atoms with Crippen LogP contribution in [0.25, 0.3) is 0 Å². The Morgan fingerprint density at radius 1 is 1.06 bits per heavy atom. The summed E-state index contributed by atoms with van der Waals surface area (Å²) in [5, 5.41) is 2.69. The first-order valence-corrected chi connectivity index (χ1v) is 11.5. The molecule has 9 heteroatoms. The quantitative estimate of drug-likeness (QED) is 0.606. The second-order valence-corrected chi connectivity index (χ2v) is 8.99. The summed E-state index contributed by atoms with van der Waals surface area (Å²) in [6, 6.07) is 19.5. The first-order chi connectivity index (χ1) is 16.4. The maximum absolute atomic E-state index is 13.9. The van der Waals surface area contributed by atoms with Crippen molar-refractivity contribution >= 4 is 46.5 Å². The summed E-state index contributed by atoms with van der Waals surface area (Å²) >= 11 is 1.24. The third-order valence-electron chi connectivity index (χ3n) is 5.82. The van der Waals surface area contributed by atoms with Crippen LogP contribution < -0.4 is 19.9 Å². The van der Waals surface area contributed by atoms with Crippen LogP contribution in [0.1, 0.15) is 5.56 Å². The largest absolute Gasteiger partial charge is 0.497 e. The summed E-state index contributed by atoms with van der Waals surface area (Å²) in [5.74, 6) is -0.649. The van der Waals surface area contributed by atoms with Gasteiger partial charge in [-0.2, -0.15) is 0 Å². The number of fused-ring (bicyclic) bond motifs is 2. The molecule has 2 heterocycles. The van der Waals surface area contributed by atoms with Crippen LogP contribution >= 0.6 is 11.8 Å². The average molecular weight is 478 g/mol. The normalized spacial score (nSPS) is 19.0. The number of ether oxygens (including phenoxy) is 1. The smallest absolute Gasteiger partial charge is 0.269 e. The molecule has 34 heavy (non-hydrogen) atoms. The van der Waals surface area contributed by atoms with Crippen molar-refractivity contribution in [3.63, 3.8) is 0 Å². The molecule has 1 atom stereocenters. The number of rotatable bonds is 5. The van der Waals surface area contributed by atoms with Crippen LogP contribution in [0.5, 0.6) is 5.75 Å². The van der Waals surface area contributed by atoms with Crippen LogP contribution in [0.4, 0.5) is 21.5 Å². The van der Waals surface area contributed by atoms with Crippen LogP contribution in [-0.2, 0) is 19.3 Å². The lowest BCUT2D eigenvalue weighted by Gasteiger charge is -2.33. The first-order valence-electron chi connectivity index (χ1n) is 10.5. The zero-order chi connectivity index (χ0) is 23.9. The molecule has 7 nitrogen and oxygen atoms in total. The van der Waals surface area contributed by atoms with Gasteiger partial charge in [-0.25, -0.2) is 4.39 Å². The Balaban J connectivity index is 1.50. The van der Waals surface area contributed by atoms with Crippen LogP contribution in [-0.4, -0.2) is 37.1 Å². The van der Waals surface area contributed by atoms with Gasteiger partial charge < -0.3 is 10.1 Å². The molecule has 0 aliphatic carbocycles. The number of nitrogens with zero attached hydrogens (tertiary/aromatic N) is 2. The van der Waals surface area contributed by atoms with Crippen molar-refractivity contribution in [2.75, 3.05) is 34.5 Å². The Labute approximate surface area is 199 Å². The third-order valence-corrected chi connectivity index (χ3v) is 7.21. The van der Waals surface area contributed by atoms with E-state index in [4.69, 9.17) is 4.74 Å². The van der Waals surface area contributed by atoms with Gasteiger partial charge in [-0.3, -0.25) is 24.2 Å². The van der Waals surface area contributed by atoms with Crippen molar-refractivity contribution in [1.82, 2.24) is 0 Å². The van der Waals surface area contributed by atoms with E-state index in [1.54, 1.807) is 43.5 Å². The molecule has 1 spiro atoms. The molecule has 1 saturated heterocycles. The third kappa shape index (κ3) is 3.49. The van der Waals surface area contributed by atoms with E-state index in [0.717, 1.165) is 0 Å². The number of carbonyl (C=O) groups is 3. The van der Waals surface area contributed by atoms with Gasteiger partial charge >= 0.3 is 0 Å². The minimum absolute atomic E-state index is 0.127. The summed E-state index contributed by atoms with van der Waals surface area (Å²) in [5.41, 5.74) is 2.21. The lowest BCUT2D eigenvalue weighted by atomic mass is 10.0. The zero-order valence-corrected chi connectivity index (χ0v) is 19.0. The maximum atomic E-state index is 13.9. The van der Waals surface area contributed by atoms with Crippen LogP contribution in [0.15, 0.2) is 72.8 Å². The van der Waals surface area contributed by atoms with E-state index < -0.39 is 16.6 Å². The van der Waals surface area contributed by atoms with E-state index in [-0.39, 0.29) is 24.1 Å². The van der Waals surface area contributed by atoms with Crippen molar-refractivity contribution in [3.05, 3.63) is 84.2 Å². The Kier molecular flexibility index (Phi) is 5.49. The topological polar surface area (TPSA) is 79.0 Å². The van der Waals surface area contributed by atoms with E-state index in [9.17, 15) is 18.8 Å².